The smallest absolute Gasteiger partial charge is 0.315 e. The second-order valence-corrected chi connectivity index (χ2v) is 18.7. The van der Waals surface area contributed by atoms with Crippen LogP contribution < -0.4 is 27.0 Å². The van der Waals surface area contributed by atoms with Gasteiger partial charge in [-0.15, -0.1) is 0 Å². The number of ketones is 2. The standard InChI is InChI=1S/C40H66N6O7/c1-23(2)26(21-30(48)42-25-16-10-11-17-29(25)47)44-36(53)45-32(37(3,4)5)35(52)46(9)28(22-39(8)38(6,7)40(39)18-13-19-40)34(51)43-27(31(49)33(41)50)20-24-14-12-15-24/h23-28,32H,10-22H2,1-9H3,(H2,41,50)(H,42,48)(H,43,51)(H2,44,45,53)/t25?,26-,27?,28+,32-,39+/m1/s1. The predicted octanol–water partition coefficient (Wildman–Crippen LogP) is 3.91. The molecule has 4 aliphatic carbocycles. The van der Waals surface area contributed by atoms with E-state index in [1.165, 1.54) is 4.90 Å². The molecule has 6 N–H and O–H groups in total. The highest BCUT2D eigenvalue weighted by Gasteiger charge is 2.80. The molecular weight excluding hydrogens is 676 g/mol. The Morgan fingerprint density at radius 3 is 2.02 bits per heavy atom. The zero-order chi connectivity index (χ0) is 39.7. The lowest BCUT2D eigenvalue weighted by atomic mass is 9.72. The molecule has 0 bridgehead atoms. The molecule has 13 nitrogen and oxygen atoms in total. The number of urea groups is 1. The van der Waals surface area contributed by atoms with Gasteiger partial charge >= 0.3 is 6.03 Å². The van der Waals surface area contributed by atoms with Crippen LogP contribution in [0.4, 0.5) is 4.79 Å². The first-order valence-electron chi connectivity index (χ1n) is 19.9. The average molecular weight is 743 g/mol. The number of Topliss-reactive ketones (excluding diaryl/α,β-unsaturated/α-hetero) is 2. The van der Waals surface area contributed by atoms with Crippen molar-refractivity contribution >= 4 is 41.2 Å². The Morgan fingerprint density at radius 1 is 0.906 bits per heavy atom. The topological polar surface area (TPSA) is 197 Å². The van der Waals surface area contributed by atoms with Crippen molar-refractivity contribution < 1.29 is 33.6 Å². The summed E-state index contributed by atoms with van der Waals surface area (Å²) in [6, 6.07) is -4.87. The van der Waals surface area contributed by atoms with Gasteiger partial charge in [0.25, 0.3) is 5.91 Å². The van der Waals surface area contributed by atoms with Crippen molar-refractivity contribution in [1.82, 2.24) is 26.2 Å². The fraction of sp³-hybridized carbons (Fsp3) is 0.825. The van der Waals surface area contributed by atoms with E-state index < -0.39 is 65.2 Å². The molecule has 0 saturated heterocycles. The van der Waals surface area contributed by atoms with Gasteiger partial charge in [-0.05, 0) is 72.0 Å². The first kappa shape index (κ1) is 42.2. The molecule has 6 atom stereocenters. The average Bonchev–Trinajstić information content (AvgIpc) is 3.44. The van der Waals surface area contributed by atoms with Crippen molar-refractivity contribution in [3.8, 4) is 0 Å². The normalized spacial score (nSPS) is 25.5. The van der Waals surface area contributed by atoms with E-state index in [1.807, 2.05) is 34.6 Å². The molecule has 6 amide bonds. The number of hydrogen-bond acceptors (Lipinski definition) is 7. The summed E-state index contributed by atoms with van der Waals surface area (Å²) in [5.41, 5.74) is 4.31. The lowest BCUT2D eigenvalue weighted by Gasteiger charge is -2.39. The van der Waals surface area contributed by atoms with Crippen LogP contribution in [-0.2, 0) is 28.8 Å². The van der Waals surface area contributed by atoms with Gasteiger partial charge in [-0.25, -0.2) is 4.79 Å². The highest BCUT2D eigenvalue weighted by atomic mass is 16.2. The zero-order valence-electron chi connectivity index (χ0n) is 33.6. The van der Waals surface area contributed by atoms with E-state index >= 15 is 0 Å². The Labute approximate surface area is 315 Å². The van der Waals surface area contributed by atoms with Crippen molar-refractivity contribution in [1.29, 1.82) is 0 Å². The van der Waals surface area contributed by atoms with Crippen molar-refractivity contribution in [2.45, 2.75) is 169 Å². The number of hydrogen-bond donors (Lipinski definition) is 5. The number of nitrogens with two attached hydrogens (primary N) is 1. The zero-order valence-corrected chi connectivity index (χ0v) is 33.6. The van der Waals surface area contributed by atoms with Crippen LogP contribution in [0.15, 0.2) is 0 Å². The minimum absolute atomic E-state index is 0.0227. The monoisotopic (exact) mass is 742 g/mol. The Hall–Kier alpha value is -3.51. The van der Waals surface area contributed by atoms with Gasteiger partial charge in [-0.3, -0.25) is 28.8 Å². The molecule has 4 aliphatic rings. The third-order valence-electron chi connectivity index (χ3n) is 14.0. The first-order valence-corrected chi connectivity index (χ1v) is 19.9. The fourth-order valence-corrected chi connectivity index (χ4v) is 9.47. The lowest BCUT2D eigenvalue weighted by Crippen LogP contribution is -2.61. The van der Waals surface area contributed by atoms with Gasteiger partial charge in [-0.2, -0.15) is 0 Å². The van der Waals surface area contributed by atoms with E-state index in [9.17, 15) is 33.6 Å². The highest BCUT2D eigenvalue weighted by Crippen LogP contribution is 2.86. The van der Waals surface area contributed by atoms with Gasteiger partial charge in [-0.1, -0.05) is 87.5 Å². The van der Waals surface area contributed by atoms with Crippen molar-refractivity contribution in [2.75, 3.05) is 7.05 Å². The number of nitrogens with one attached hydrogen (secondary N) is 4. The Balaban J connectivity index is 1.53. The minimum Gasteiger partial charge on any atom is -0.363 e. The van der Waals surface area contributed by atoms with Crippen LogP contribution in [0.2, 0.25) is 0 Å². The Kier molecular flexibility index (Phi) is 12.8. The molecular formula is C40H66N6O7. The molecule has 298 valence electrons. The summed E-state index contributed by atoms with van der Waals surface area (Å²) in [6.45, 7) is 15.8. The molecule has 53 heavy (non-hydrogen) atoms. The summed E-state index contributed by atoms with van der Waals surface area (Å²) in [6.07, 6.45) is 9.35. The van der Waals surface area contributed by atoms with Gasteiger partial charge in [0.15, 0.2) is 5.78 Å². The Morgan fingerprint density at radius 2 is 1.55 bits per heavy atom. The third-order valence-corrected chi connectivity index (χ3v) is 14.0. The molecule has 4 saturated carbocycles. The summed E-state index contributed by atoms with van der Waals surface area (Å²) in [5, 5.41) is 11.4. The highest BCUT2D eigenvalue weighted by molar-refractivity contribution is 6.37. The number of primary amides is 1. The van der Waals surface area contributed by atoms with Crippen molar-refractivity contribution in [2.24, 2.45) is 39.2 Å². The number of rotatable bonds is 16. The van der Waals surface area contributed by atoms with E-state index in [-0.39, 0.29) is 46.2 Å². The van der Waals surface area contributed by atoms with Gasteiger partial charge in [0.2, 0.25) is 23.5 Å². The molecule has 0 aromatic carbocycles. The summed E-state index contributed by atoms with van der Waals surface area (Å²) < 4.78 is 0. The predicted molar refractivity (Wildman–Crippen MR) is 201 cm³/mol. The molecule has 13 heteroatoms. The van der Waals surface area contributed by atoms with Crippen LogP contribution in [0.1, 0.15) is 139 Å². The molecule has 1 spiro atoms. The quantitative estimate of drug-likeness (QED) is 0.148. The van der Waals surface area contributed by atoms with E-state index in [0.29, 0.717) is 25.7 Å². The molecule has 4 fully saturated rings. The maximum Gasteiger partial charge on any atom is 0.315 e. The van der Waals surface area contributed by atoms with E-state index in [4.69, 9.17) is 5.73 Å². The number of nitrogens with zero attached hydrogens (tertiary/aromatic N) is 1. The van der Waals surface area contributed by atoms with Gasteiger partial charge in [0, 0.05) is 25.9 Å². The lowest BCUT2D eigenvalue weighted by molar-refractivity contribution is -0.145. The summed E-state index contributed by atoms with van der Waals surface area (Å²) >= 11 is 0. The fourth-order valence-electron chi connectivity index (χ4n) is 9.47. The second-order valence-electron chi connectivity index (χ2n) is 18.7. The molecule has 2 unspecified atom stereocenters. The number of amides is 6. The molecule has 0 radical (unpaired) electrons. The van der Waals surface area contributed by atoms with Gasteiger partial charge in [0.1, 0.15) is 12.1 Å². The van der Waals surface area contributed by atoms with Crippen LogP contribution >= 0.6 is 0 Å². The van der Waals surface area contributed by atoms with E-state index in [2.05, 4.69) is 42.0 Å². The number of carbonyl (C=O) groups excluding carboxylic acids is 7. The van der Waals surface area contributed by atoms with Gasteiger partial charge < -0.3 is 31.9 Å². The van der Waals surface area contributed by atoms with Crippen LogP contribution in [0.5, 0.6) is 0 Å². The number of likely N-dealkylation sites (N-methyl/N-ethyl adjacent to an activating group) is 1. The van der Waals surface area contributed by atoms with Crippen LogP contribution in [-0.4, -0.2) is 83.4 Å². The number of carbonyl (C=O) groups is 7. The Bertz CT molecular complexity index is 1440. The van der Waals surface area contributed by atoms with E-state index in [1.54, 1.807) is 7.05 Å². The van der Waals surface area contributed by atoms with E-state index in [0.717, 1.165) is 51.4 Å². The third kappa shape index (κ3) is 8.74. The summed E-state index contributed by atoms with van der Waals surface area (Å²) in [4.78, 5) is 94.2. The van der Waals surface area contributed by atoms with Crippen molar-refractivity contribution in [3.05, 3.63) is 0 Å². The maximum absolute atomic E-state index is 14.6. The van der Waals surface area contributed by atoms with Crippen LogP contribution in [0.3, 0.4) is 0 Å². The summed E-state index contributed by atoms with van der Waals surface area (Å²) in [5.74, 6) is -3.21. The largest absolute Gasteiger partial charge is 0.363 e. The summed E-state index contributed by atoms with van der Waals surface area (Å²) in [7, 11) is 1.56. The first-order chi connectivity index (χ1) is 24.6. The van der Waals surface area contributed by atoms with Crippen LogP contribution in [0, 0.1) is 33.5 Å². The molecule has 0 heterocycles. The van der Waals surface area contributed by atoms with Gasteiger partial charge in [0.05, 0.1) is 12.1 Å². The minimum atomic E-state index is -1.11. The maximum atomic E-state index is 14.6. The SMILES string of the molecule is CC(C)[C@@H](CC(=O)NC1CCCCC1=O)NC(=O)N[C@H](C(=O)N(C)[C@@H](C[C@@]1(C)C(C)(C)C12CCC2)C(=O)NC(CC1CCC1)C(=O)C(N)=O)C(C)(C)C. The molecule has 0 aromatic rings. The molecule has 0 aromatic heterocycles. The molecule has 4 rings (SSSR count). The second kappa shape index (κ2) is 16.1. The van der Waals surface area contributed by atoms with Crippen molar-refractivity contribution in [3.63, 3.8) is 0 Å². The van der Waals surface area contributed by atoms with Crippen LogP contribution in [0.25, 0.3) is 0 Å². The molecule has 0 aliphatic heterocycles.